The molecule has 1 aromatic rings. The fraction of sp³-hybridized carbons (Fsp3) is 0.632. The zero-order chi connectivity index (χ0) is 16.5. The van der Waals surface area contributed by atoms with E-state index in [1.807, 2.05) is 36.2 Å². The standard InChI is InChI=1S/C19H30N2O2/c1-3-4-14-23-18-12-10-16(11-13-18)20-15-19(22)21(2)17-8-6-5-7-9-17/h10-13,17,20H,3-9,14-15H2,1-2H3. The lowest BCUT2D eigenvalue weighted by atomic mass is 9.94. The molecule has 0 bridgehead atoms. The topological polar surface area (TPSA) is 41.6 Å². The Morgan fingerprint density at radius 3 is 2.57 bits per heavy atom. The van der Waals surface area contributed by atoms with Crippen LogP contribution in [0.15, 0.2) is 24.3 Å². The van der Waals surface area contributed by atoms with Crippen LogP contribution in [0.1, 0.15) is 51.9 Å². The fourth-order valence-corrected chi connectivity index (χ4v) is 2.98. The third kappa shape index (κ3) is 5.77. The summed E-state index contributed by atoms with van der Waals surface area (Å²) in [4.78, 5) is 14.2. The number of anilines is 1. The van der Waals surface area contributed by atoms with E-state index in [2.05, 4.69) is 12.2 Å². The van der Waals surface area contributed by atoms with E-state index >= 15 is 0 Å². The van der Waals surface area contributed by atoms with Crippen molar-refractivity contribution in [1.82, 2.24) is 4.90 Å². The summed E-state index contributed by atoms with van der Waals surface area (Å²) in [5.74, 6) is 1.05. The monoisotopic (exact) mass is 318 g/mol. The molecule has 0 saturated heterocycles. The minimum absolute atomic E-state index is 0.167. The lowest BCUT2D eigenvalue weighted by Gasteiger charge is -2.31. The van der Waals surface area contributed by atoms with Gasteiger partial charge in [0.05, 0.1) is 13.2 Å². The Bertz CT molecular complexity index is 467. The van der Waals surface area contributed by atoms with Gasteiger partial charge in [0.25, 0.3) is 0 Å². The molecule has 0 heterocycles. The Hall–Kier alpha value is -1.71. The van der Waals surface area contributed by atoms with Gasteiger partial charge in [0.1, 0.15) is 5.75 Å². The molecule has 0 aromatic heterocycles. The molecule has 0 radical (unpaired) electrons. The van der Waals surface area contributed by atoms with Crippen LogP contribution in [-0.2, 0) is 4.79 Å². The lowest BCUT2D eigenvalue weighted by molar-refractivity contribution is -0.130. The van der Waals surface area contributed by atoms with Crippen molar-refractivity contribution < 1.29 is 9.53 Å². The van der Waals surface area contributed by atoms with Gasteiger partial charge < -0.3 is 15.0 Å². The molecule has 0 aliphatic heterocycles. The highest BCUT2D eigenvalue weighted by Crippen LogP contribution is 2.22. The number of likely N-dealkylation sites (N-methyl/N-ethyl adjacent to an activating group) is 1. The molecule has 1 aliphatic rings. The molecule has 1 amide bonds. The summed E-state index contributed by atoms with van der Waals surface area (Å²) >= 11 is 0. The number of nitrogens with one attached hydrogen (secondary N) is 1. The summed E-state index contributed by atoms with van der Waals surface area (Å²) in [5.41, 5.74) is 0.957. The molecule has 1 aliphatic carbocycles. The van der Waals surface area contributed by atoms with Crippen LogP contribution in [0, 0.1) is 0 Å². The van der Waals surface area contributed by atoms with Gasteiger partial charge in [0, 0.05) is 18.8 Å². The van der Waals surface area contributed by atoms with E-state index in [4.69, 9.17) is 4.74 Å². The normalized spacial score (nSPS) is 15.2. The highest BCUT2D eigenvalue weighted by Gasteiger charge is 2.21. The first kappa shape index (κ1) is 17.6. The third-order valence-electron chi connectivity index (χ3n) is 4.58. The molecule has 128 valence electrons. The van der Waals surface area contributed by atoms with Crippen molar-refractivity contribution in [3.8, 4) is 5.75 Å². The van der Waals surface area contributed by atoms with Crippen LogP contribution in [0.5, 0.6) is 5.75 Å². The molecular formula is C19H30N2O2. The second-order valence-corrected chi connectivity index (χ2v) is 6.38. The molecule has 1 fully saturated rings. The molecule has 2 rings (SSSR count). The van der Waals surface area contributed by atoms with Crippen molar-refractivity contribution in [3.63, 3.8) is 0 Å². The Morgan fingerprint density at radius 2 is 1.91 bits per heavy atom. The number of unbranched alkanes of at least 4 members (excludes halogenated alkanes) is 1. The lowest BCUT2D eigenvalue weighted by Crippen LogP contribution is -2.41. The minimum Gasteiger partial charge on any atom is -0.494 e. The van der Waals surface area contributed by atoms with E-state index in [9.17, 15) is 4.79 Å². The van der Waals surface area contributed by atoms with Crippen molar-refractivity contribution in [2.45, 2.75) is 57.9 Å². The van der Waals surface area contributed by atoms with Crippen LogP contribution in [-0.4, -0.2) is 37.0 Å². The first-order valence-corrected chi connectivity index (χ1v) is 8.93. The van der Waals surface area contributed by atoms with Gasteiger partial charge in [0.2, 0.25) is 5.91 Å². The summed E-state index contributed by atoms with van der Waals surface area (Å²) in [6.07, 6.45) is 8.30. The van der Waals surface area contributed by atoms with Crippen LogP contribution < -0.4 is 10.1 Å². The Morgan fingerprint density at radius 1 is 1.22 bits per heavy atom. The average molecular weight is 318 g/mol. The average Bonchev–Trinajstić information content (AvgIpc) is 2.61. The maximum atomic E-state index is 12.3. The zero-order valence-electron chi connectivity index (χ0n) is 14.5. The fourth-order valence-electron chi connectivity index (χ4n) is 2.98. The number of benzene rings is 1. The number of hydrogen-bond donors (Lipinski definition) is 1. The van der Waals surface area contributed by atoms with Gasteiger partial charge >= 0.3 is 0 Å². The quantitative estimate of drug-likeness (QED) is 0.735. The van der Waals surface area contributed by atoms with Crippen LogP contribution in [0.4, 0.5) is 5.69 Å². The van der Waals surface area contributed by atoms with Crippen LogP contribution in [0.25, 0.3) is 0 Å². The van der Waals surface area contributed by atoms with E-state index in [0.717, 1.165) is 43.7 Å². The van der Waals surface area contributed by atoms with Gasteiger partial charge in [-0.25, -0.2) is 0 Å². The number of hydrogen-bond acceptors (Lipinski definition) is 3. The van der Waals surface area contributed by atoms with Crippen LogP contribution in [0.2, 0.25) is 0 Å². The molecule has 1 saturated carbocycles. The molecular weight excluding hydrogens is 288 g/mol. The van der Waals surface area contributed by atoms with Crippen molar-refractivity contribution in [2.24, 2.45) is 0 Å². The smallest absolute Gasteiger partial charge is 0.241 e. The molecule has 0 unspecified atom stereocenters. The van der Waals surface area contributed by atoms with Crippen LogP contribution >= 0.6 is 0 Å². The van der Waals surface area contributed by atoms with E-state index in [0.29, 0.717) is 12.6 Å². The molecule has 4 heteroatoms. The summed E-state index contributed by atoms with van der Waals surface area (Å²) in [6.45, 7) is 3.26. The van der Waals surface area contributed by atoms with Gasteiger partial charge in [-0.2, -0.15) is 0 Å². The number of rotatable bonds is 8. The number of ether oxygens (including phenoxy) is 1. The maximum Gasteiger partial charge on any atom is 0.241 e. The molecule has 0 atom stereocenters. The van der Waals surface area contributed by atoms with Gasteiger partial charge in [-0.1, -0.05) is 32.6 Å². The minimum atomic E-state index is 0.167. The van der Waals surface area contributed by atoms with E-state index < -0.39 is 0 Å². The maximum absolute atomic E-state index is 12.3. The Kier molecular flexibility index (Phi) is 7.24. The van der Waals surface area contributed by atoms with Crippen molar-refractivity contribution in [3.05, 3.63) is 24.3 Å². The number of carbonyl (C=O) groups is 1. The zero-order valence-corrected chi connectivity index (χ0v) is 14.5. The summed E-state index contributed by atoms with van der Waals surface area (Å²) in [6, 6.07) is 8.26. The molecule has 4 nitrogen and oxygen atoms in total. The molecule has 1 aromatic carbocycles. The second kappa shape index (κ2) is 9.43. The predicted octanol–water partition coefficient (Wildman–Crippen LogP) is 4.07. The van der Waals surface area contributed by atoms with Gasteiger partial charge in [0.15, 0.2) is 0 Å². The van der Waals surface area contributed by atoms with Crippen molar-refractivity contribution in [1.29, 1.82) is 0 Å². The molecule has 23 heavy (non-hydrogen) atoms. The third-order valence-corrected chi connectivity index (χ3v) is 4.58. The summed E-state index contributed by atoms with van der Waals surface area (Å²) in [7, 11) is 1.94. The largest absolute Gasteiger partial charge is 0.494 e. The predicted molar refractivity (Wildman–Crippen MR) is 95.0 cm³/mol. The van der Waals surface area contributed by atoms with Crippen LogP contribution in [0.3, 0.4) is 0 Å². The van der Waals surface area contributed by atoms with E-state index in [1.165, 1.54) is 19.3 Å². The summed E-state index contributed by atoms with van der Waals surface area (Å²) in [5, 5.41) is 3.21. The molecule has 1 N–H and O–H groups in total. The van der Waals surface area contributed by atoms with E-state index in [-0.39, 0.29) is 5.91 Å². The SMILES string of the molecule is CCCCOc1ccc(NCC(=O)N(C)C2CCCCC2)cc1. The number of nitrogens with zero attached hydrogens (tertiary/aromatic N) is 1. The van der Waals surface area contributed by atoms with E-state index in [1.54, 1.807) is 0 Å². The highest BCUT2D eigenvalue weighted by atomic mass is 16.5. The van der Waals surface area contributed by atoms with Gasteiger partial charge in [-0.3, -0.25) is 4.79 Å². The van der Waals surface area contributed by atoms with Crippen molar-refractivity contribution in [2.75, 3.05) is 25.5 Å². The second-order valence-electron chi connectivity index (χ2n) is 6.38. The Balaban J connectivity index is 1.74. The number of amides is 1. The van der Waals surface area contributed by atoms with Gasteiger partial charge in [-0.05, 0) is 43.5 Å². The van der Waals surface area contributed by atoms with Gasteiger partial charge in [-0.15, -0.1) is 0 Å². The molecule has 0 spiro atoms. The highest BCUT2D eigenvalue weighted by molar-refractivity contribution is 5.81. The Labute approximate surface area is 140 Å². The summed E-state index contributed by atoms with van der Waals surface area (Å²) < 4.78 is 5.64. The first-order valence-electron chi connectivity index (χ1n) is 8.93. The number of carbonyl (C=O) groups excluding carboxylic acids is 1. The first-order chi connectivity index (χ1) is 11.2. The van der Waals surface area contributed by atoms with Crippen molar-refractivity contribution >= 4 is 11.6 Å².